The fourth-order valence-electron chi connectivity index (χ4n) is 3.84. The van der Waals surface area contributed by atoms with Crippen LogP contribution in [0.1, 0.15) is 58.8 Å². The van der Waals surface area contributed by atoms with E-state index in [1.54, 1.807) is 0 Å². The molecule has 2 atom stereocenters. The Morgan fingerprint density at radius 3 is 2.35 bits per heavy atom. The summed E-state index contributed by atoms with van der Waals surface area (Å²) < 4.78 is 0. The van der Waals surface area contributed by atoms with Crippen molar-refractivity contribution in [1.82, 2.24) is 4.90 Å². The maximum atomic E-state index is 6.29. The SMILES string of the molecule is CC1CCC(N(C)CC2(C)CCCC2N)CC1. The highest BCUT2D eigenvalue weighted by Gasteiger charge is 2.38. The summed E-state index contributed by atoms with van der Waals surface area (Å²) in [6.45, 7) is 5.99. The molecular weight excluding hydrogens is 208 g/mol. The average molecular weight is 238 g/mol. The first-order valence-electron chi connectivity index (χ1n) is 7.47. The zero-order valence-electron chi connectivity index (χ0n) is 11.9. The smallest absolute Gasteiger partial charge is 0.0105 e. The van der Waals surface area contributed by atoms with Gasteiger partial charge in [-0.1, -0.05) is 20.3 Å². The summed E-state index contributed by atoms with van der Waals surface area (Å²) in [6.07, 6.45) is 9.49. The molecule has 0 aliphatic heterocycles. The van der Waals surface area contributed by atoms with Crippen LogP contribution < -0.4 is 5.73 Å². The molecule has 0 spiro atoms. The molecule has 17 heavy (non-hydrogen) atoms. The number of rotatable bonds is 3. The second-order valence-electron chi connectivity index (χ2n) is 6.98. The lowest BCUT2D eigenvalue weighted by Gasteiger charge is -2.40. The Morgan fingerprint density at radius 2 is 1.82 bits per heavy atom. The maximum Gasteiger partial charge on any atom is 0.0105 e. The van der Waals surface area contributed by atoms with Gasteiger partial charge in [0.2, 0.25) is 0 Å². The molecule has 0 heterocycles. The molecule has 2 aliphatic rings. The van der Waals surface area contributed by atoms with Crippen LogP contribution in [0.25, 0.3) is 0 Å². The lowest BCUT2D eigenvalue weighted by molar-refractivity contribution is 0.107. The zero-order chi connectivity index (χ0) is 12.5. The Balaban J connectivity index is 1.86. The molecule has 0 aromatic rings. The molecule has 0 bridgehead atoms. The zero-order valence-corrected chi connectivity index (χ0v) is 11.9. The summed E-state index contributed by atoms with van der Waals surface area (Å²) >= 11 is 0. The van der Waals surface area contributed by atoms with E-state index < -0.39 is 0 Å². The molecule has 2 nitrogen and oxygen atoms in total. The van der Waals surface area contributed by atoms with Gasteiger partial charge in [-0.15, -0.1) is 0 Å². The van der Waals surface area contributed by atoms with E-state index in [1.165, 1.54) is 51.5 Å². The fraction of sp³-hybridized carbons (Fsp3) is 1.00. The van der Waals surface area contributed by atoms with Gasteiger partial charge in [0, 0.05) is 18.6 Å². The molecule has 2 heteroatoms. The van der Waals surface area contributed by atoms with E-state index in [0.717, 1.165) is 12.0 Å². The van der Waals surface area contributed by atoms with E-state index in [-0.39, 0.29) is 0 Å². The Morgan fingerprint density at radius 1 is 1.18 bits per heavy atom. The van der Waals surface area contributed by atoms with Gasteiger partial charge in [-0.25, -0.2) is 0 Å². The quantitative estimate of drug-likeness (QED) is 0.819. The minimum atomic E-state index is 0.373. The average Bonchev–Trinajstić information content (AvgIpc) is 2.60. The van der Waals surface area contributed by atoms with E-state index in [0.29, 0.717) is 11.5 Å². The third-order valence-electron chi connectivity index (χ3n) is 5.38. The lowest BCUT2D eigenvalue weighted by Crippen LogP contribution is -2.46. The first-order valence-corrected chi connectivity index (χ1v) is 7.47. The molecule has 2 fully saturated rings. The Kier molecular flexibility index (Phi) is 4.14. The molecule has 100 valence electrons. The highest BCUT2D eigenvalue weighted by atomic mass is 15.1. The molecule has 2 unspecified atom stereocenters. The van der Waals surface area contributed by atoms with Crippen molar-refractivity contribution in [2.24, 2.45) is 17.1 Å². The normalized spacial score (nSPS) is 43.2. The van der Waals surface area contributed by atoms with Crippen molar-refractivity contribution in [1.29, 1.82) is 0 Å². The van der Waals surface area contributed by atoms with Crippen molar-refractivity contribution in [3.05, 3.63) is 0 Å². The predicted octanol–water partition coefficient (Wildman–Crippen LogP) is 3.01. The highest BCUT2D eigenvalue weighted by molar-refractivity contribution is 4.94. The fourth-order valence-corrected chi connectivity index (χ4v) is 3.84. The molecule has 2 N–H and O–H groups in total. The standard InChI is InChI=1S/C15H30N2/c1-12-6-8-13(9-7-12)17(3)11-15(2)10-4-5-14(15)16/h12-14H,4-11,16H2,1-3H3. The Hall–Kier alpha value is -0.0800. The molecular formula is C15H30N2. The van der Waals surface area contributed by atoms with Gasteiger partial charge in [-0.3, -0.25) is 0 Å². The van der Waals surface area contributed by atoms with Crippen molar-refractivity contribution in [2.45, 2.75) is 70.9 Å². The van der Waals surface area contributed by atoms with Crippen LogP contribution in [-0.2, 0) is 0 Å². The molecule has 2 saturated carbocycles. The van der Waals surface area contributed by atoms with Crippen molar-refractivity contribution in [3.63, 3.8) is 0 Å². The van der Waals surface area contributed by atoms with Crippen molar-refractivity contribution in [2.75, 3.05) is 13.6 Å². The van der Waals surface area contributed by atoms with E-state index in [2.05, 4.69) is 25.8 Å². The summed E-state index contributed by atoms with van der Waals surface area (Å²) in [5.74, 6) is 0.948. The van der Waals surface area contributed by atoms with Gasteiger partial charge in [-0.05, 0) is 56.9 Å². The maximum absolute atomic E-state index is 6.29. The summed E-state index contributed by atoms with van der Waals surface area (Å²) in [6, 6.07) is 1.24. The summed E-state index contributed by atoms with van der Waals surface area (Å²) in [4.78, 5) is 2.61. The Bertz CT molecular complexity index is 245. The van der Waals surface area contributed by atoms with Crippen LogP contribution in [0.3, 0.4) is 0 Å². The highest BCUT2D eigenvalue weighted by Crippen LogP contribution is 2.38. The van der Waals surface area contributed by atoms with Gasteiger partial charge in [0.05, 0.1) is 0 Å². The third kappa shape index (κ3) is 3.03. The van der Waals surface area contributed by atoms with Crippen LogP contribution in [-0.4, -0.2) is 30.6 Å². The van der Waals surface area contributed by atoms with Crippen LogP contribution in [0.4, 0.5) is 0 Å². The number of nitrogens with two attached hydrogens (primary N) is 1. The molecule has 2 rings (SSSR count). The van der Waals surface area contributed by atoms with Crippen molar-refractivity contribution in [3.8, 4) is 0 Å². The molecule has 0 saturated heterocycles. The van der Waals surface area contributed by atoms with Crippen LogP contribution >= 0.6 is 0 Å². The van der Waals surface area contributed by atoms with Crippen LogP contribution in [0.2, 0.25) is 0 Å². The van der Waals surface area contributed by atoms with E-state index >= 15 is 0 Å². The van der Waals surface area contributed by atoms with E-state index in [4.69, 9.17) is 5.73 Å². The van der Waals surface area contributed by atoms with Gasteiger partial charge in [0.1, 0.15) is 0 Å². The van der Waals surface area contributed by atoms with Crippen LogP contribution in [0.15, 0.2) is 0 Å². The van der Waals surface area contributed by atoms with E-state index in [9.17, 15) is 0 Å². The summed E-state index contributed by atoms with van der Waals surface area (Å²) in [5, 5.41) is 0. The topological polar surface area (TPSA) is 29.3 Å². The largest absolute Gasteiger partial charge is 0.327 e. The monoisotopic (exact) mass is 238 g/mol. The van der Waals surface area contributed by atoms with Crippen molar-refractivity contribution >= 4 is 0 Å². The third-order valence-corrected chi connectivity index (χ3v) is 5.38. The minimum absolute atomic E-state index is 0.373. The van der Waals surface area contributed by atoms with Gasteiger partial charge in [0.15, 0.2) is 0 Å². The van der Waals surface area contributed by atoms with Gasteiger partial charge in [0.25, 0.3) is 0 Å². The molecule has 0 amide bonds. The molecule has 2 aliphatic carbocycles. The minimum Gasteiger partial charge on any atom is -0.327 e. The second kappa shape index (κ2) is 5.27. The number of hydrogen-bond donors (Lipinski definition) is 1. The molecule has 0 aromatic heterocycles. The predicted molar refractivity (Wildman–Crippen MR) is 74.0 cm³/mol. The summed E-state index contributed by atoms with van der Waals surface area (Å²) in [5.41, 5.74) is 6.66. The van der Waals surface area contributed by atoms with Crippen LogP contribution in [0, 0.1) is 11.3 Å². The second-order valence-corrected chi connectivity index (χ2v) is 6.98. The molecule has 0 radical (unpaired) electrons. The van der Waals surface area contributed by atoms with Gasteiger partial charge in [-0.2, -0.15) is 0 Å². The number of hydrogen-bond acceptors (Lipinski definition) is 2. The van der Waals surface area contributed by atoms with Gasteiger partial charge < -0.3 is 10.6 Å². The molecule has 0 aromatic carbocycles. The lowest BCUT2D eigenvalue weighted by atomic mass is 9.82. The van der Waals surface area contributed by atoms with Crippen molar-refractivity contribution < 1.29 is 0 Å². The first kappa shape index (κ1) is 13.4. The number of nitrogens with zero attached hydrogens (tertiary/aromatic N) is 1. The van der Waals surface area contributed by atoms with Gasteiger partial charge >= 0.3 is 0 Å². The first-order chi connectivity index (χ1) is 8.01. The van der Waals surface area contributed by atoms with E-state index in [1.807, 2.05) is 0 Å². The summed E-state index contributed by atoms with van der Waals surface area (Å²) in [7, 11) is 2.32. The Labute approximate surface area is 107 Å². The van der Waals surface area contributed by atoms with Crippen LogP contribution in [0.5, 0.6) is 0 Å².